The molecule has 1 aromatic heterocycles. The molecule has 0 spiro atoms. The molecule has 21 heavy (non-hydrogen) atoms. The molecule has 4 nitrogen and oxygen atoms in total. The van der Waals surface area contributed by atoms with E-state index in [0.717, 1.165) is 57.4 Å². The first-order valence-electron chi connectivity index (χ1n) is 6.95. The third-order valence-electron chi connectivity index (χ3n) is 3.76. The van der Waals surface area contributed by atoms with Crippen LogP contribution in [0.25, 0.3) is 11.0 Å². The van der Waals surface area contributed by atoms with E-state index in [4.69, 9.17) is 4.98 Å². The second-order valence-corrected chi connectivity index (χ2v) is 7.92. The Morgan fingerprint density at radius 1 is 1.19 bits per heavy atom. The molecule has 7 heteroatoms. The van der Waals surface area contributed by atoms with E-state index in [-0.39, 0.29) is 0 Å². The lowest BCUT2D eigenvalue weighted by Gasteiger charge is -2.19. The molecule has 1 aliphatic heterocycles. The van der Waals surface area contributed by atoms with Crippen molar-refractivity contribution in [3.63, 3.8) is 0 Å². The number of aryl methyl sites for hydroxylation is 2. The number of rotatable bonds is 4. The quantitative estimate of drug-likeness (QED) is 0.664. The fourth-order valence-electron chi connectivity index (χ4n) is 2.73. The van der Waals surface area contributed by atoms with Gasteiger partial charge >= 0.3 is 0 Å². The largest absolute Gasteiger partial charge is 0.354 e. The minimum atomic E-state index is 0.894. The third kappa shape index (κ3) is 2.78. The Morgan fingerprint density at radius 2 is 1.95 bits per heavy atom. The molecule has 3 rings (SSSR count). The second-order valence-electron chi connectivity index (χ2n) is 5.54. The van der Waals surface area contributed by atoms with Crippen molar-refractivity contribution < 1.29 is 0 Å². The average Bonchev–Trinajstić information content (AvgIpc) is 2.82. The van der Waals surface area contributed by atoms with Gasteiger partial charge in [0.05, 0.1) is 9.99 Å². The van der Waals surface area contributed by atoms with E-state index in [1.807, 2.05) is 0 Å². The van der Waals surface area contributed by atoms with Crippen LogP contribution in [0.5, 0.6) is 0 Å². The number of nitrogens with one attached hydrogen (secondary N) is 1. The van der Waals surface area contributed by atoms with Crippen molar-refractivity contribution in [1.82, 2.24) is 14.5 Å². The van der Waals surface area contributed by atoms with Gasteiger partial charge in [0.1, 0.15) is 5.52 Å². The molecule has 2 aromatic rings. The first kappa shape index (κ1) is 15.8. The van der Waals surface area contributed by atoms with Gasteiger partial charge in [0.2, 0.25) is 5.95 Å². The minimum Gasteiger partial charge on any atom is -0.354 e. The van der Waals surface area contributed by atoms with Crippen molar-refractivity contribution in [3.8, 4) is 0 Å². The van der Waals surface area contributed by atoms with Gasteiger partial charge in [0.15, 0.2) is 0 Å². The van der Waals surface area contributed by atoms with Crippen LogP contribution in [-0.2, 0) is 13.0 Å². The zero-order valence-corrected chi connectivity index (χ0v) is 16.8. The Morgan fingerprint density at radius 3 is 2.67 bits per heavy atom. The summed E-state index contributed by atoms with van der Waals surface area (Å²) >= 11 is 11.0. The van der Waals surface area contributed by atoms with Gasteiger partial charge < -0.3 is 14.8 Å². The van der Waals surface area contributed by atoms with Crippen LogP contribution in [-0.4, -0.2) is 41.6 Å². The molecule has 1 aliphatic rings. The second kappa shape index (κ2) is 6.18. The van der Waals surface area contributed by atoms with Gasteiger partial charge in [0, 0.05) is 28.6 Å². The average molecular weight is 481 g/mol. The molecule has 0 aliphatic carbocycles. The summed E-state index contributed by atoms with van der Waals surface area (Å²) in [4.78, 5) is 6.99. The molecule has 0 atom stereocenters. The van der Waals surface area contributed by atoms with Gasteiger partial charge in [0.25, 0.3) is 0 Å². The zero-order chi connectivity index (χ0) is 15.1. The Bertz CT molecular complexity index is 694. The Labute approximate surface area is 149 Å². The highest BCUT2D eigenvalue weighted by Gasteiger charge is 2.24. The van der Waals surface area contributed by atoms with Crippen LogP contribution in [0.2, 0.25) is 0 Å². The van der Waals surface area contributed by atoms with Crippen LogP contribution in [0.3, 0.4) is 0 Å². The lowest BCUT2D eigenvalue weighted by atomic mass is 10.0. The molecular weight excluding hydrogens is 464 g/mol. The van der Waals surface area contributed by atoms with Crippen LogP contribution >= 0.6 is 47.8 Å². The molecule has 0 fully saturated rings. The van der Waals surface area contributed by atoms with Crippen LogP contribution in [0.1, 0.15) is 12.0 Å². The molecular formula is C14H17Br3N4. The molecule has 0 bridgehead atoms. The lowest BCUT2D eigenvalue weighted by molar-refractivity contribution is 0.424. The molecule has 0 saturated carbocycles. The monoisotopic (exact) mass is 478 g/mol. The molecule has 2 heterocycles. The number of imidazole rings is 1. The fraction of sp³-hybridized carbons (Fsp3) is 0.500. The number of halogens is 3. The summed E-state index contributed by atoms with van der Waals surface area (Å²) in [5.41, 5.74) is 3.63. The third-order valence-corrected chi connectivity index (χ3v) is 7.27. The van der Waals surface area contributed by atoms with E-state index in [0.29, 0.717) is 0 Å². The molecule has 1 N–H and O–H groups in total. The summed E-state index contributed by atoms with van der Waals surface area (Å²) in [5.74, 6) is 0.971. The van der Waals surface area contributed by atoms with E-state index in [2.05, 4.69) is 76.7 Å². The van der Waals surface area contributed by atoms with E-state index in [1.165, 1.54) is 11.1 Å². The van der Waals surface area contributed by atoms with Gasteiger partial charge in [-0.2, -0.15) is 0 Å². The lowest BCUT2D eigenvalue weighted by Crippen LogP contribution is -2.22. The predicted octanol–water partition coefficient (Wildman–Crippen LogP) is 4.24. The fourth-order valence-corrected chi connectivity index (χ4v) is 4.49. The summed E-state index contributed by atoms with van der Waals surface area (Å²) in [5, 5.41) is 3.47. The zero-order valence-electron chi connectivity index (χ0n) is 12.0. The SMILES string of the molecule is CN(C)CCNc1nc2c(Br)c(Br)c(Br)c3c2n1CCC3. The molecule has 0 unspecified atom stereocenters. The Balaban J connectivity index is 2.08. The van der Waals surface area contributed by atoms with Crippen LogP contribution < -0.4 is 5.32 Å². The summed E-state index contributed by atoms with van der Waals surface area (Å²) < 4.78 is 5.52. The normalized spacial score (nSPS) is 14.2. The first-order valence-corrected chi connectivity index (χ1v) is 9.32. The molecule has 0 saturated heterocycles. The maximum Gasteiger partial charge on any atom is 0.203 e. The number of likely N-dealkylation sites (N-methyl/N-ethyl adjacent to an activating group) is 1. The maximum absolute atomic E-state index is 4.82. The summed E-state index contributed by atoms with van der Waals surface area (Å²) in [6, 6.07) is 0. The highest BCUT2D eigenvalue weighted by atomic mass is 79.9. The highest BCUT2D eigenvalue weighted by Crippen LogP contribution is 2.43. The minimum absolute atomic E-state index is 0.894. The van der Waals surface area contributed by atoms with Gasteiger partial charge in [-0.15, -0.1) is 0 Å². The van der Waals surface area contributed by atoms with Crippen molar-refractivity contribution in [3.05, 3.63) is 19.0 Å². The van der Waals surface area contributed by atoms with Gasteiger partial charge in [-0.25, -0.2) is 4.98 Å². The van der Waals surface area contributed by atoms with Gasteiger partial charge in [-0.1, -0.05) is 0 Å². The van der Waals surface area contributed by atoms with Crippen molar-refractivity contribution in [2.75, 3.05) is 32.5 Å². The van der Waals surface area contributed by atoms with Crippen molar-refractivity contribution in [2.45, 2.75) is 19.4 Å². The first-order chi connectivity index (χ1) is 10.0. The Hall–Kier alpha value is -0.110. The van der Waals surface area contributed by atoms with Crippen LogP contribution in [0, 0.1) is 0 Å². The summed E-state index contributed by atoms with van der Waals surface area (Å²) in [6.07, 6.45) is 2.24. The van der Waals surface area contributed by atoms with Crippen LogP contribution in [0.15, 0.2) is 13.4 Å². The summed E-state index contributed by atoms with van der Waals surface area (Å²) in [6.45, 7) is 2.91. The Kier molecular flexibility index (Phi) is 4.64. The van der Waals surface area contributed by atoms with Crippen molar-refractivity contribution >= 4 is 64.8 Å². The van der Waals surface area contributed by atoms with E-state index >= 15 is 0 Å². The van der Waals surface area contributed by atoms with Crippen molar-refractivity contribution in [2.24, 2.45) is 0 Å². The van der Waals surface area contributed by atoms with Gasteiger partial charge in [-0.05, 0) is 80.3 Å². The standard InChI is InChI=1S/C14H17Br3N4/c1-20(2)7-5-18-14-19-12-11(17)10(16)9(15)8-4-3-6-21(14)13(8)12/h3-7H2,1-2H3,(H,18,19). The number of hydrogen-bond acceptors (Lipinski definition) is 3. The molecule has 114 valence electrons. The number of nitrogens with zero attached hydrogens (tertiary/aromatic N) is 3. The van der Waals surface area contributed by atoms with Gasteiger partial charge in [-0.3, -0.25) is 0 Å². The van der Waals surface area contributed by atoms with E-state index < -0.39 is 0 Å². The number of hydrogen-bond donors (Lipinski definition) is 1. The smallest absolute Gasteiger partial charge is 0.203 e. The topological polar surface area (TPSA) is 33.1 Å². The van der Waals surface area contributed by atoms with Crippen molar-refractivity contribution in [1.29, 1.82) is 0 Å². The molecule has 0 radical (unpaired) electrons. The van der Waals surface area contributed by atoms with E-state index in [1.54, 1.807) is 0 Å². The van der Waals surface area contributed by atoms with E-state index in [9.17, 15) is 0 Å². The number of anilines is 1. The molecule has 0 amide bonds. The number of benzene rings is 1. The predicted molar refractivity (Wildman–Crippen MR) is 98.2 cm³/mol. The maximum atomic E-state index is 4.82. The van der Waals surface area contributed by atoms with Crippen LogP contribution in [0.4, 0.5) is 5.95 Å². The number of aromatic nitrogens is 2. The summed E-state index contributed by atoms with van der Waals surface area (Å²) in [7, 11) is 4.16. The molecule has 1 aromatic carbocycles. The highest BCUT2D eigenvalue weighted by molar-refractivity contribution is 9.14.